The second kappa shape index (κ2) is 7.22. The first kappa shape index (κ1) is 14.9. The number of likely N-dealkylation sites (N-methyl/N-ethyl adjacent to an activating group) is 1. The molecule has 2 atom stereocenters. The number of carboxylic acid groups (broad SMARTS) is 1. The molecule has 5 heteroatoms. The predicted octanol–water partition coefficient (Wildman–Crippen LogP) is 0.554. The maximum Gasteiger partial charge on any atom is 0.327 e. The van der Waals surface area contributed by atoms with Crippen molar-refractivity contribution in [2.75, 3.05) is 20.1 Å². The predicted molar refractivity (Wildman–Crippen MR) is 62.2 cm³/mol. The van der Waals surface area contributed by atoms with Crippen LogP contribution in [0.3, 0.4) is 0 Å². The van der Waals surface area contributed by atoms with Crippen LogP contribution in [0, 0.1) is 5.92 Å². The summed E-state index contributed by atoms with van der Waals surface area (Å²) in [6, 6.07) is -0.827. The molecule has 0 aromatic heterocycles. The van der Waals surface area contributed by atoms with Crippen molar-refractivity contribution in [1.82, 2.24) is 10.2 Å². The van der Waals surface area contributed by atoms with Gasteiger partial charge in [-0.05, 0) is 13.0 Å². The first-order valence-corrected chi connectivity index (χ1v) is 5.55. The number of carbonyl (C=O) groups is 2. The number of hydrogen-bond acceptors (Lipinski definition) is 3. The highest BCUT2D eigenvalue weighted by Crippen LogP contribution is 2.03. The fraction of sp³-hybridized carbons (Fsp3) is 0.818. The molecular weight excluding hydrogens is 208 g/mol. The van der Waals surface area contributed by atoms with E-state index in [9.17, 15) is 9.59 Å². The largest absolute Gasteiger partial charge is 0.480 e. The van der Waals surface area contributed by atoms with Gasteiger partial charge in [-0.25, -0.2) is 4.79 Å². The van der Waals surface area contributed by atoms with Crippen LogP contribution in [0.15, 0.2) is 0 Å². The van der Waals surface area contributed by atoms with Crippen LogP contribution in [-0.4, -0.2) is 48.1 Å². The molecule has 0 aliphatic heterocycles. The molecule has 0 bridgehead atoms. The van der Waals surface area contributed by atoms with E-state index < -0.39 is 12.0 Å². The van der Waals surface area contributed by atoms with Crippen LogP contribution in [-0.2, 0) is 9.59 Å². The van der Waals surface area contributed by atoms with Gasteiger partial charge in [-0.15, -0.1) is 0 Å². The number of nitrogens with one attached hydrogen (secondary N) is 1. The van der Waals surface area contributed by atoms with Gasteiger partial charge in [0.15, 0.2) is 0 Å². The Balaban J connectivity index is 4.18. The Hall–Kier alpha value is -1.10. The summed E-state index contributed by atoms with van der Waals surface area (Å²) in [7, 11) is 1.86. The van der Waals surface area contributed by atoms with Crippen molar-refractivity contribution in [3.8, 4) is 0 Å². The van der Waals surface area contributed by atoms with Crippen LogP contribution >= 0.6 is 0 Å². The van der Waals surface area contributed by atoms with Gasteiger partial charge < -0.3 is 15.3 Å². The number of nitrogens with zero attached hydrogens (tertiary/aromatic N) is 1. The van der Waals surface area contributed by atoms with Gasteiger partial charge in [-0.1, -0.05) is 20.3 Å². The van der Waals surface area contributed by atoms with Crippen LogP contribution in [0.5, 0.6) is 0 Å². The summed E-state index contributed by atoms with van der Waals surface area (Å²) in [6.45, 7) is 6.70. The van der Waals surface area contributed by atoms with Gasteiger partial charge in [0.25, 0.3) is 0 Å². The average Bonchev–Trinajstić information content (AvgIpc) is 2.15. The summed E-state index contributed by atoms with van der Waals surface area (Å²) in [5.41, 5.74) is 0. The first-order valence-electron chi connectivity index (χ1n) is 5.55. The lowest BCUT2D eigenvalue weighted by atomic mass is 10.1. The second-order valence-corrected chi connectivity index (χ2v) is 4.33. The van der Waals surface area contributed by atoms with Gasteiger partial charge in [-0.2, -0.15) is 0 Å². The molecule has 0 saturated carbocycles. The fourth-order valence-corrected chi connectivity index (χ4v) is 1.48. The van der Waals surface area contributed by atoms with Crippen LogP contribution < -0.4 is 5.32 Å². The summed E-state index contributed by atoms with van der Waals surface area (Å²) < 4.78 is 0. The molecule has 5 nitrogen and oxygen atoms in total. The summed E-state index contributed by atoms with van der Waals surface area (Å²) in [4.78, 5) is 23.6. The Morgan fingerprint density at radius 1 is 1.38 bits per heavy atom. The summed E-state index contributed by atoms with van der Waals surface area (Å²) >= 11 is 0. The van der Waals surface area contributed by atoms with Crippen molar-refractivity contribution in [2.45, 2.75) is 33.2 Å². The third kappa shape index (κ3) is 6.40. The minimum Gasteiger partial charge on any atom is -0.480 e. The van der Waals surface area contributed by atoms with Crippen molar-refractivity contribution >= 4 is 11.9 Å². The molecule has 0 spiro atoms. The zero-order valence-corrected chi connectivity index (χ0v) is 10.5. The van der Waals surface area contributed by atoms with E-state index in [4.69, 9.17) is 5.11 Å². The van der Waals surface area contributed by atoms with Gasteiger partial charge >= 0.3 is 5.97 Å². The molecule has 1 amide bonds. The standard InChI is InChI=1S/C11H22N2O3/c1-5-8(2)6-13(4)7-10(11(15)16)12-9(3)14/h8,10H,5-7H2,1-4H3,(H,12,14)(H,15,16). The molecule has 0 aliphatic carbocycles. The lowest BCUT2D eigenvalue weighted by Crippen LogP contribution is -2.47. The number of aliphatic carboxylic acids is 1. The molecule has 94 valence electrons. The zero-order valence-electron chi connectivity index (χ0n) is 10.5. The van der Waals surface area contributed by atoms with Crippen LogP contribution in [0.2, 0.25) is 0 Å². The van der Waals surface area contributed by atoms with E-state index in [-0.39, 0.29) is 5.91 Å². The topological polar surface area (TPSA) is 69.6 Å². The summed E-state index contributed by atoms with van der Waals surface area (Å²) in [5, 5.41) is 11.3. The summed E-state index contributed by atoms with van der Waals surface area (Å²) in [5.74, 6) is -0.785. The van der Waals surface area contributed by atoms with E-state index in [1.165, 1.54) is 6.92 Å². The monoisotopic (exact) mass is 230 g/mol. The molecule has 0 aromatic carbocycles. The van der Waals surface area contributed by atoms with Crippen molar-refractivity contribution < 1.29 is 14.7 Å². The lowest BCUT2D eigenvalue weighted by Gasteiger charge is -2.24. The van der Waals surface area contributed by atoms with Gasteiger partial charge in [0.1, 0.15) is 6.04 Å². The van der Waals surface area contributed by atoms with Gasteiger partial charge in [0.2, 0.25) is 5.91 Å². The molecule has 0 fully saturated rings. The van der Waals surface area contributed by atoms with Crippen molar-refractivity contribution in [3.05, 3.63) is 0 Å². The molecular formula is C11H22N2O3. The van der Waals surface area contributed by atoms with E-state index in [0.717, 1.165) is 13.0 Å². The molecule has 2 unspecified atom stereocenters. The van der Waals surface area contributed by atoms with Crippen molar-refractivity contribution in [3.63, 3.8) is 0 Å². The summed E-state index contributed by atoms with van der Waals surface area (Å²) in [6.07, 6.45) is 1.06. The Bertz CT molecular complexity index is 243. The van der Waals surface area contributed by atoms with E-state index in [1.54, 1.807) is 0 Å². The molecule has 16 heavy (non-hydrogen) atoms. The van der Waals surface area contributed by atoms with E-state index in [0.29, 0.717) is 12.5 Å². The van der Waals surface area contributed by atoms with E-state index in [1.807, 2.05) is 11.9 Å². The highest BCUT2D eigenvalue weighted by molar-refractivity contribution is 5.82. The van der Waals surface area contributed by atoms with Crippen LogP contribution in [0.1, 0.15) is 27.2 Å². The Labute approximate surface area is 96.8 Å². The molecule has 0 aliphatic rings. The smallest absolute Gasteiger partial charge is 0.327 e. The molecule has 2 N–H and O–H groups in total. The molecule has 0 heterocycles. The lowest BCUT2D eigenvalue weighted by molar-refractivity contribution is -0.142. The maximum atomic E-state index is 10.9. The molecule has 0 rings (SSSR count). The number of rotatable bonds is 7. The normalized spacial score (nSPS) is 14.6. The van der Waals surface area contributed by atoms with Crippen LogP contribution in [0.25, 0.3) is 0 Å². The van der Waals surface area contributed by atoms with Crippen LogP contribution in [0.4, 0.5) is 0 Å². The Morgan fingerprint density at radius 2 is 1.94 bits per heavy atom. The highest BCUT2D eigenvalue weighted by Gasteiger charge is 2.20. The van der Waals surface area contributed by atoms with E-state index in [2.05, 4.69) is 19.2 Å². The molecule has 0 saturated heterocycles. The quantitative estimate of drug-likeness (QED) is 0.670. The third-order valence-corrected chi connectivity index (χ3v) is 2.49. The maximum absolute atomic E-state index is 10.9. The van der Waals surface area contributed by atoms with Gasteiger partial charge in [0.05, 0.1) is 0 Å². The average molecular weight is 230 g/mol. The zero-order chi connectivity index (χ0) is 12.7. The minimum atomic E-state index is -0.994. The minimum absolute atomic E-state index is 0.315. The number of amides is 1. The van der Waals surface area contributed by atoms with Crippen molar-refractivity contribution in [1.29, 1.82) is 0 Å². The van der Waals surface area contributed by atoms with Gasteiger partial charge in [0, 0.05) is 20.0 Å². The number of carbonyl (C=O) groups excluding carboxylic acids is 1. The number of carboxylic acids is 1. The van der Waals surface area contributed by atoms with E-state index >= 15 is 0 Å². The first-order chi connectivity index (χ1) is 7.36. The molecule has 0 radical (unpaired) electrons. The Morgan fingerprint density at radius 3 is 2.31 bits per heavy atom. The molecule has 0 aromatic rings. The Kier molecular flexibility index (Phi) is 6.72. The fourth-order valence-electron chi connectivity index (χ4n) is 1.48. The highest BCUT2D eigenvalue weighted by atomic mass is 16.4. The SMILES string of the molecule is CCC(C)CN(C)CC(NC(C)=O)C(=O)O. The number of hydrogen-bond donors (Lipinski definition) is 2. The van der Waals surface area contributed by atoms with Gasteiger partial charge in [-0.3, -0.25) is 4.79 Å². The second-order valence-electron chi connectivity index (χ2n) is 4.33. The van der Waals surface area contributed by atoms with Crippen molar-refractivity contribution in [2.24, 2.45) is 5.92 Å². The third-order valence-electron chi connectivity index (χ3n) is 2.49.